The van der Waals surface area contributed by atoms with Crippen molar-refractivity contribution in [1.82, 2.24) is 14.3 Å². The van der Waals surface area contributed by atoms with E-state index in [2.05, 4.69) is 17.0 Å². The van der Waals surface area contributed by atoms with Crippen molar-refractivity contribution in [2.24, 2.45) is 5.92 Å². The summed E-state index contributed by atoms with van der Waals surface area (Å²) in [5.74, 6) is 0.365. The summed E-state index contributed by atoms with van der Waals surface area (Å²) in [6.45, 7) is 3.86. The summed E-state index contributed by atoms with van der Waals surface area (Å²) in [5, 5.41) is 2.68. The van der Waals surface area contributed by atoms with E-state index in [1.165, 1.54) is 4.31 Å². The monoisotopic (exact) mass is 275 g/mol. The Morgan fingerprint density at radius 2 is 1.94 bits per heavy atom. The van der Waals surface area contributed by atoms with Crippen molar-refractivity contribution in [2.75, 3.05) is 19.6 Å². The molecule has 1 atom stereocenters. The number of nitrogens with zero attached hydrogens (tertiary/aromatic N) is 1. The van der Waals surface area contributed by atoms with Crippen molar-refractivity contribution in [2.45, 2.75) is 38.6 Å². The van der Waals surface area contributed by atoms with E-state index < -0.39 is 16.3 Å². The van der Waals surface area contributed by atoms with Gasteiger partial charge in [-0.05, 0) is 31.6 Å². The van der Waals surface area contributed by atoms with Gasteiger partial charge in [0.05, 0.1) is 0 Å². The second-order valence-corrected chi connectivity index (χ2v) is 6.89. The molecule has 18 heavy (non-hydrogen) atoms. The van der Waals surface area contributed by atoms with Crippen LogP contribution in [0.25, 0.3) is 0 Å². The van der Waals surface area contributed by atoms with E-state index >= 15 is 0 Å². The summed E-state index contributed by atoms with van der Waals surface area (Å²) < 4.78 is 28.3. The lowest BCUT2D eigenvalue weighted by Crippen LogP contribution is -2.54. The Bertz CT molecular complexity index is 402. The molecule has 0 aliphatic carbocycles. The minimum atomic E-state index is -3.52. The highest BCUT2D eigenvalue weighted by molar-refractivity contribution is 7.87. The quantitative estimate of drug-likeness (QED) is 0.750. The first-order valence-electron chi connectivity index (χ1n) is 6.54. The fraction of sp³-hybridized carbons (Fsp3) is 0.909. The van der Waals surface area contributed by atoms with E-state index in [4.69, 9.17) is 0 Å². The van der Waals surface area contributed by atoms with Gasteiger partial charge in [0.2, 0.25) is 5.91 Å². The summed E-state index contributed by atoms with van der Waals surface area (Å²) in [6.07, 6.45) is 3.17. The summed E-state index contributed by atoms with van der Waals surface area (Å²) >= 11 is 0. The van der Waals surface area contributed by atoms with Crippen LogP contribution in [0.5, 0.6) is 0 Å². The van der Waals surface area contributed by atoms with Crippen molar-refractivity contribution in [3.05, 3.63) is 0 Å². The van der Waals surface area contributed by atoms with Gasteiger partial charge in [0.15, 0.2) is 0 Å². The third-order valence-electron chi connectivity index (χ3n) is 3.66. The van der Waals surface area contributed by atoms with Gasteiger partial charge in [-0.3, -0.25) is 4.79 Å². The van der Waals surface area contributed by atoms with Gasteiger partial charge in [0.25, 0.3) is 10.2 Å². The molecule has 7 heteroatoms. The maximum absolute atomic E-state index is 12.1. The van der Waals surface area contributed by atoms with Crippen molar-refractivity contribution in [1.29, 1.82) is 0 Å². The van der Waals surface area contributed by atoms with Crippen LogP contribution < -0.4 is 10.0 Å². The van der Waals surface area contributed by atoms with Crippen LogP contribution in [0.2, 0.25) is 0 Å². The average molecular weight is 275 g/mol. The molecule has 2 aliphatic heterocycles. The van der Waals surface area contributed by atoms with Crippen LogP contribution in [0.4, 0.5) is 0 Å². The molecule has 1 amide bonds. The highest BCUT2D eigenvalue weighted by Gasteiger charge is 2.32. The van der Waals surface area contributed by atoms with E-state index in [0.29, 0.717) is 32.0 Å². The lowest BCUT2D eigenvalue weighted by molar-refractivity contribution is -0.124. The second-order valence-electron chi connectivity index (χ2n) is 5.19. The highest BCUT2D eigenvalue weighted by Crippen LogP contribution is 2.18. The molecule has 104 valence electrons. The summed E-state index contributed by atoms with van der Waals surface area (Å²) in [5.41, 5.74) is 0. The molecule has 0 spiro atoms. The van der Waals surface area contributed by atoms with Gasteiger partial charge in [0.1, 0.15) is 6.04 Å². The van der Waals surface area contributed by atoms with Crippen LogP contribution in [0.15, 0.2) is 0 Å². The van der Waals surface area contributed by atoms with Crippen LogP contribution in [-0.2, 0) is 15.0 Å². The van der Waals surface area contributed by atoms with Crippen LogP contribution in [0.3, 0.4) is 0 Å². The summed E-state index contributed by atoms with van der Waals surface area (Å²) in [6, 6.07) is -0.608. The van der Waals surface area contributed by atoms with E-state index in [0.717, 1.165) is 19.3 Å². The predicted molar refractivity (Wildman–Crippen MR) is 68.1 cm³/mol. The molecule has 6 nitrogen and oxygen atoms in total. The number of carbonyl (C=O) groups is 1. The molecule has 1 unspecified atom stereocenters. The molecular formula is C11H21N3O3S. The largest absolute Gasteiger partial charge is 0.355 e. The standard InChI is InChI=1S/C11H21N3O3S/c1-9-4-7-14(8-5-9)18(16,17)13-10-3-2-6-12-11(10)15/h9-10,13H,2-8H2,1H3,(H,12,15). The number of amides is 1. The summed E-state index contributed by atoms with van der Waals surface area (Å²) in [7, 11) is -3.52. The molecule has 0 bridgehead atoms. The minimum Gasteiger partial charge on any atom is -0.355 e. The van der Waals surface area contributed by atoms with E-state index in [1.54, 1.807) is 0 Å². The predicted octanol–water partition coefficient (Wildman–Crippen LogP) is -0.169. The maximum atomic E-state index is 12.1. The topological polar surface area (TPSA) is 78.5 Å². The van der Waals surface area contributed by atoms with Crippen molar-refractivity contribution in [3.63, 3.8) is 0 Å². The third kappa shape index (κ3) is 3.21. The Morgan fingerprint density at radius 3 is 2.56 bits per heavy atom. The zero-order valence-electron chi connectivity index (χ0n) is 10.7. The van der Waals surface area contributed by atoms with Crippen LogP contribution in [0, 0.1) is 5.92 Å². The highest BCUT2D eigenvalue weighted by atomic mass is 32.2. The summed E-state index contributed by atoms with van der Waals surface area (Å²) in [4.78, 5) is 11.6. The van der Waals surface area contributed by atoms with Crippen LogP contribution in [-0.4, -0.2) is 44.3 Å². The number of rotatable bonds is 3. The van der Waals surface area contributed by atoms with Gasteiger partial charge in [-0.15, -0.1) is 0 Å². The Kier molecular flexibility index (Phi) is 4.24. The first-order valence-corrected chi connectivity index (χ1v) is 7.98. The van der Waals surface area contributed by atoms with E-state index in [-0.39, 0.29) is 5.91 Å². The van der Waals surface area contributed by atoms with Crippen molar-refractivity contribution in [3.8, 4) is 0 Å². The Balaban J connectivity index is 1.96. The lowest BCUT2D eigenvalue weighted by atomic mass is 10.0. The van der Waals surface area contributed by atoms with Gasteiger partial charge < -0.3 is 5.32 Å². The molecule has 2 N–H and O–H groups in total. The molecule has 2 heterocycles. The average Bonchev–Trinajstić information content (AvgIpc) is 2.32. The van der Waals surface area contributed by atoms with Gasteiger partial charge in [-0.25, -0.2) is 0 Å². The van der Waals surface area contributed by atoms with Gasteiger partial charge in [-0.1, -0.05) is 6.92 Å². The molecule has 0 aromatic rings. The number of hydrogen-bond acceptors (Lipinski definition) is 3. The molecule has 0 aromatic carbocycles. The molecule has 0 radical (unpaired) electrons. The second kappa shape index (κ2) is 5.54. The van der Waals surface area contributed by atoms with Gasteiger partial charge in [0, 0.05) is 19.6 Å². The van der Waals surface area contributed by atoms with Crippen molar-refractivity contribution >= 4 is 16.1 Å². The minimum absolute atomic E-state index is 0.213. The van der Waals surface area contributed by atoms with Gasteiger partial charge in [-0.2, -0.15) is 17.4 Å². The van der Waals surface area contributed by atoms with E-state index in [9.17, 15) is 13.2 Å². The van der Waals surface area contributed by atoms with Crippen LogP contribution in [0.1, 0.15) is 32.6 Å². The fourth-order valence-corrected chi connectivity index (χ4v) is 3.79. The lowest BCUT2D eigenvalue weighted by Gasteiger charge is -2.31. The van der Waals surface area contributed by atoms with Crippen molar-refractivity contribution < 1.29 is 13.2 Å². The van der Waals surface area contributed by atoms with Gasteiger partial charge >= 0.3 is 0 Å². The molecule has 2 aliphatic rings. The zero-order valence-corrected chi connectivity index (χ0v) is 11.5. The molecule has 2 fully saturated rings. The van der Waals surface area contributed by atoms with Crippen LogP contribution >= 0.6 is 0 Å². The number of piperidine rings is 2. The number of nitrogens with one attached hydrogen (secondary N) is 2. The number of hydrogen-bond donors (Lipinski definition) is 2. The Hall–Kier alpha value is -0.660. The Morgan fingerprint density at radius 1 is 1.28 bits per heavy atom. The number of carbonyl (C=O) groups excluding carboxylic acids is 1. The smallest absolute Gasteiger partial charge is 0.280 e. The first-order chi connectivity index (χ1) is 8.49. The fourth-order valence-electron chi connectivity index (χ4n) is 2.36. The maximum Gasteiger partial charge on any atom is 0.280 e. The SMILES string of the molecule is CC1CCN(S(=O)(=O)NC2CCCNC2=O)CC1. The zero-order chi connectivity index (χ0) is 13.2. The first kappa shape index (κ1) is 13.8. The molecule has 0 saturated carbocycles. The Labute approximate surface area is 108 Å². The third-order valence-corrected chi connectivity index (χ3v) is 5.29. The van der Waals surface area contributed by atoms with E-state index in [1.807, 2.05) is 0 Å². The molecule has 2 rings (SSSR count). The molecule has 2 saturated heterocycles. The molecular weight excluding hydrogens is 254 g/mol. The normalized spacial score (nSPS) is 28.1. The molecule has 0 aromatic heterocycles.